The standard InChI is InChI=1S/C14H15N3O2S/c1-4-19-13(18)11-8-17-7-10(15-14(17)16(11)3)12-9(2)5-6-20-12/h5-8H,4H2,1-3H3. The van der Waals surface area contributed by atoms with Crippen molar-refractivity contribution >= 4 is 23.1 Å². The van der Waals surface area contributed by atoms with Gasteiger partial charge in [-0.05, 0) is 30.9 Å². The minimum absolute atomic E-state index is 0.325. The Morgan fingerprint density at radius 1 is 1.45 bits per heavy atom. The van der Waals surface area contributed by atoms with Crippen molar-refractivity contribution < 1.29 is 9.53 Å². The Balaban J connectivity index is 2.07. The number of ether oxygens (including phenoxy) is 1. The highest BCUT2D eigenvalue weighted by molar-refractivity contribution is 7.13. The zero-order valence-corrected chi connectivity index (χ0v) is 12.4. The van der Waals surface area contributed by atoms with Crippen LogP contribution in [0.15, 0.2) is 23.8 Å². The third-order valence-corrected chi connectivity index (χ3v) is 4.25. The molecule has 0 aromatic carbocycles. The molecule has 0 saturated carbocycles. The maximum atomic E-state index is 11.8. The number of rotatable bonds is 3. The Hall–Kier alpha value is -2.08. The van der Waals surface area contributed by atoms with Crippen LogP contribution in [-0.4, -0.2) is 26.5 Å². The largest absolute Gasteiger partial charge is 0.461 e. The highest BCUT2D eigenvalue weighted by atomic mass is 32.1. The summed E-state index contributed by atoms with van der Waals surface area (Å²) in [6, 6.07) is 2.08. The predicted molar refractivity (Wildman–Crippen MR) is 78.2 cm³/mol. The van der Waals surface area contributed by atoms with E-state index in [1.807, 2.05) is 17.6 Å². The lowest BCUT2D eigenvalue weighted by Gasteiger charge is -2.01. The quantitative estimate of drug-likeness (QED) is 0.697. The number of imidazole rings is 2. The fraction of sp³-hybridized carbons (Fsp3) is 0.286. The first-order valence-electron chi connectivity index (χ1n) is 6.37. The van der Waals surface area contributed by atoms with Crippen LogP contribution in [0.3, 0.4) is 0 Å². The van der Waals surface area contributed by atoms with E-state index in [1.165, 1.54) is 5.56 Å². The smallest absolute Gasteiger partial charge is 0.356 e. The van der Waals surface area contributed by atoms with Crippen molar-refractivity contribution in [3.8, 4) is 10.6 Å². The van der Waals surface area contributed by atoms with Crippen LogP contribution >= 0.6 is 11.3 Å². The van der Waals surface area contributed by atoms with Crippen LogP contribution in [0.25, 0.3) is 16.3 Å². The highest BCUT2D eigenvalue weighted by Crippen LogP contribution is 2.28. The van der Waals surface area contributed by atoms with E-state index in [4.69, 9.17) is 4.74 Å². The van der Waals surface area contributed by atoms with Gasteiger partial charge in [-0.25, -0.2) is 9.78 Å². The molecule has 5 nitrogen and oxygen atoms in total. The number of hydrogen-bond acceptors (Lipinski definition) is 4. The number of aryl methyl sites for hydroxylation is 2. The van der Waals surface area contributed by atoms with Gasteiger partial charge in [-0.2, -0.15) is 0 Å². The molecule has 0 unspecified atom stereocenters. The van der Waals surface area contributed by atoms with Gasteiger partial charge in [0.05, 0.1) is 11.5 Å². The first kappa shape index (κ1) is 12.9. The number of esters is 1. The van der Waals surface area contributed by atoms with E-state index in [0.717, 1.165) is 16.3 Å². The zero-order chi connectivity index (χ0) is 14.3. The van der Waals surface area contributed by atoms with E-state index in [1.54, 1.807) is 29.0 Å². The SMILES string of the molecule is CCOC(=O)c1cn2cc(-c3sccc3C)nc2n1C. The van der Waals surface area contributed by atoms with E-state index in [2.05, 4.69) is 23.4 Å². The maximum Gasteiger partial charge on any atom is 0.356 e. The molecule has 0 saturated heterocycles. The van der Waals surface area contributed by atoms with Gasteiger partial charge < -0.3 is 9.30 Å². The lowest BCUT2D eigenvalue weighted by Crippen LogP contribution is -2.09. The number of nitrogens with zero attached hydrogens (tertiary/aromatic N) is 3. The fourth-order valence-electron chi connectivity index (χ4n) is 2.19. The van der Waals surface area contributed by atoms with Gasteiger partial charge in [0.1, 0.15) is 11.4 Å². The predicted octanol–water partition coefficient (Wildman–Crippen LogP) is 2.89. The molecule has 6 heteroatoms. The molecule has 0 aliphatic heterocycles. The summed E-state index contributed by atoms with van der Waals surface area (Å²) in [5.74, 6) is 0.408. The monoisotopic (exact) mass is 289 g/mol. The third kappa shape index (κ3) is 1.92. The Morgan fingerprint density at radius 2 is 2.25 bits per heavy atom. The number of hydrogen-bond donors (Lipinski definition) is 0. The second-order valence-electron chi connectivity index (χ2n) is 4.56. The molecule has 0 atom stereocenters. The van der Waals surface area contributed by atoms with Gasteiger partial charge in [-0.1, -0.05) is 0 Å². The van der Waals surface area contributed by atoms with Crippen molar-refractivity contribution in [1.29, 1.82) is 0 Å². The fourth-order valence-corrected chi connectivity index (χ4v) is 3.07. The summed E-state index contributed by atoms with van der Waals surface area (Å²) >= 11 is 1.67. The van der Waals surface area contributed by atoms with E-state index >= 15 is 0 Å². The minimum Gasteiger partial charge on any atom is -0.461 e. The molecule has 3 aromatic heterocycles. The van der Waals surface area contributed by atoms with Crippen LogP contribution in [0.1, 0.15) is 23.0 Å². The van der Waals surface area contributed by atoms with Gasteiger partial charge >= 0.3 is 5.97 Å². The molecular weight excluding hydrogens is 274 g/mol. The second-order valence-corrected chi connectivity index (χ2v) is 5.48. The first-order valence-corrected chi connectivity index (χ1v) is 7.25. The molecule has 0 aliphatic carbocycles. The molecule has 3 heterocycles. The molecule has 0 spiro atoms. The topological polar surface area (TPSA) is 48.5 Å². The average Bonchev–Trinajstić information content (AvgIpc) is 3.06. The van der Waals surface area contributed by atoms with Gasteiger partial charge in [-0.15, -0.1) is 11.3 Å². The summed E-state index contributed by atoms with van der Waals surface area (Å²) in [5.41, 5.74) is 2.64. The van der Waals surface area contributed by atoms with Crippen molar-refractivity contribution in [3.05, 3.63) is 35.1 Å². The summed E-state index contributed by atoms with van der Waals surface area (Å²) in [6.45, 7) is 4.23. The van der Waals surface area contributed by atoms with E-state index in [9.17, 15) is 4.79 Å². The molecule has 0 bridgehead atoms. The third-order valence-electron chi connectivity index (χ3n) is 3.21. The minimum atomic E-state index is -0.325. The van der Waals surface area contributed by atoms with Crippen LogP contribution in [0.2, 0.25) is 0 Å². The average molecular weight is 289 g/mol. The Kier molecular flexibility index (Phi) is 3.10. The number of aromatic nitrogens is 3. The summed E-state index contributed by atoms with van der Waals surface area (Å²) in [4.78, 5) is 17.6. The molecule has 0 amide bonds. The van der Waals surface area contributed by atoms with Crippen molar-refractivity contribution in [2.45, 2.75) is 13.8 Å². The molecule has 20 heavy (non-hydrogen) atoms. The molecule has 3 rings (SSSR count). The summed E-state index contributed by atoms with van der Waals surface area (Å²) < 4.78 is 8.65. The van der Waals surface area contributed by atoms with Crippen LogP contribution in [-0.2, 0) is 11.8 Å². The number of fused-ring (bicyclic) bond motifs is 1. The van der Waals surface area contributed by atoms with Crippen molar-refractivity contribution in [2.75, 3.05) is 6.61 Å². The first-order chi connectivity index (χ1) is 9.61. The lowest BCUT2D eigenvalue weighted by molar-refractivity contribution is 0.0515. The molecule has 104 valence electrons. The van der Waals surface area contributed by atoms with E-state index in [0.29, 0.717) is 12.3 Å². The van der Waals surface area contributed by atoms with Gasteiger partial charge in [0, 0.05) is 19.4 Å². The zero-order valence-electron chi connectivity index (χ0n) is 11.6. The second kappa shape index (κ2) is 4.79. The van der Waals surface area contributed by atoms with Crippen molar-refractivity contribution in [1.82, 2.24) is 14.0 Å². The highest BCUT2D eigenvalue weighted by Gasteiger charge is 2.17. The number of thiophene rings is 1. The van der Waals surface area contributed by atoms with Crippen molar-refractivity contribution in [3.63, 3.8) is 0 Å². The summed E-state index contributed by atoms with van der Waals surface area (Å²) in [6.07, 6.45) is 3.70. The Morgan fingerprint density at radius 3 is 2.85 bits per heavy atom. The molecule has 0 N–H and O–H groups in total. The van der Waals surface area contributed by atoms with Crippen LogP contribution in [0.5, 0.6) is 0 Å². The normalized spacial score (nSPS) is 11.2. The maximum absolute atomic E-state index is 11.8. The molecular formula is C14H15N3O2S. The van der Waals surface area contributed by atoms with Gasteiger partial charge in [0.25, 0.3) is 0 Å². The molecule has 3 aromatic rings. The van der Waals surface area contributed by atoms with Crippen LogP contribution < -0.4 is 0 Å². The van der Waals surface area contributed by atoms with Gasteiger partial charge in [-0.3, -0.25) is 4.40 Å². The Labute approximate surface area is 120 Å². The van der Waals surface area contributed by atoms with Gasteiger partial charge in [0.2, 0.25) is 5.78 Å². The van der Waals surface area contributed by atoms with Gasteiger partial charge in [0.15, 0.2) is 0 Å². The lowest BCUT2D eigenvalue weighted by atomic mass is 10.2. The van der Waals surface area contributed by atoms with Crippen molar-refractivity contribution in [2.24, 2.45) is 7.05 Å². The molecule has 0 radical (unpaired) electrons. The number of carbonyl (C=O) groups excluding carboxylic acids is 1. The van der Waals surface area contributed by atoms with Crippen LogP contribution in [0, 0.1) is 6.92 Å². The summed E-state index contributed by atoms with van der Waals surface area (Å²) in [5, 5.41) is 2.05. The molecule has 0 aliphatic rings. The summed E-state index contributed by atoms with van der Waals surface area (Å²) in [7, 11) is 1.82. The van der Waals surface area contributed by atoms with E-state index in [-0.39, 0.29) is 5.97 Å². The van der Waals surface area contributed by atoms with E-state index < -0.39 is 0 Å². The molecule has 0 fully saturated rings. The Bertz CT molecular complexity index is 782. The number of carbonyl (C=O) groups is 1. The van der Waals surface area contributed by atoms with Crippen LogP contribution in [0.4, 0.5) is 0 Å².